The zero-order valence-corrected chi connectivity index (χ0v) is 12.8. The van der Waals surface area contributed by atoms with E-state index >= 15 is 0 Å². The van der Waals surface area contributed by atoms with Crippen molar-refractivity contribution in [2.45, 2.75) is 0 Å². The summed E-state index contributed by atoms with van der Waals surface area (Å²) in [5, 5.41) is 12.1. The lowest BCUT2D eigenvalue weighted by molar-refractivity contribution is 0.0696. The predicted octanol–water partition coefficient (Wildman–Crippen LogP) is 4.36. The summed E-state index contributed by atoms with van der Waals surface area (Å²) in [6, 6.07) is 22.7. The van der Waals surface area contributed by atoms with Crippen molar-refractivity contribution in [1.82, 2.24) is 0 Å². The van der Waals surface area contributed by atoms with Crippen LogP contribution in [0, 0.1) is 0 Å². The molecular weight excluding hydrogens is 302 g/mol. The van der Waals surface area contributed by atoms with Gasteiger partial charge in [-0.1, -0.05) is 42.5 Å². The Hall–Kier alpha value is -3.40. The maximum absolute atomic E-state index is 12.7. The normalized spacial score (nSPS) is 10.2. The molecule has 0 aromatic heterocycles. The number of anilines is 2. The molecule has 118 valence electrons. The lowest BCUT2D eigenvalue weighted by Crippen LogP contribution is -2.05. The number of carbonyl (C=O) groups is 2. The third kappa shape index (κ3) is 3.33. The summed E-state index contributed by atoms with van der Waals surface area (Å²) in [5.74, 6) is -1.04. The standard InChI is InChI=1S/C20H15NO3/c22-19(14-6-2-1-3-7-14)17-8-4-5-9-18(17)21-16-12-10-15(11-13-16)20(23)24/h1-13,21H,(H,23,24). The van der Waals surface area contributed by atoms with Crippen LogP contribution in [0.1, 0.15) is 26.3 Å². The largest absolute Gasteiger partial charge is 0.478 e. The van der Waals surface area contributed by atoms with E-state index in [-0.39, 0.29) is 11.3 Å². The first kappa shape index (κ1) is 15.5. The van der Waals surface area contributed by atoms with Gasteiger partial charge >= 0.3 is 5.97 Å². The van der Waals surface area contributed by atoms with Crippen molar-refractivity contribution in [2.75, 3.05) is 5.32 Å². The van der Waals surface area contributed by atoms with Gasteiger partial charge in [0.2, 0.25) is 0 Å². The van der Waals surface area contributed by atoms with E-state index in [9.17, 15) is 9.59 Å². The first-order chi connectivity index (χ1) is 11.6. The fourth-order valence-electron chi connectivity index (χ4n) is 2.39. The Morgan fingerprint density at radius 3 is 2.00 bits per heavy atom. The number of benzene rings is 3. The molecule has 0 atom stereocenters. The average Bonchev–Trinajstić information content (AvgIpc) is 2.63. The molecule has 0 unspecified atom stereocenters. The molecule has 2 N–H and O–H groups in total. The van der Waals surface area contributed by atoms with Crippen molar-refractivity contribution in [3.8, 4) is 0 Å². The molecule has 0 heterocycles. The van der Waals surface area contributed by atoms with E-state index in [4.69, 9.17) is 5.11 Å². The molecule has 0 radical (unpaired) electrons. The summed E-state index contributed by atoms with van der Waals surface area (Å²) >= 11 is 0. The number of carboxylic acid groups (broad SMARTS) is 1. The van der Waals surface area contributed by atoms with Crippen LogP contribution >= 0.6 is 0 Å². The summed E-state index contributed by atoms with van der Waals surface area (Å²) in [5.41, 5.74) is 2.79. The van der Waals surface area contributed by atoms with Crippen LogP contribution in [0.2, 0.25) is 0 Å². The molecule has 4 heteroatoms. The molecule has 0 amide bonds. The Balaban J connectivity index is 1.89. The van der Waals surface area contributed by atoms with Crippen LogP contribution in [0.4, 0.5) is 11.4 Å². The van der Waals surface area contributed by atoms with Crippen LogP contribution in [0.5, 0.6) is 0 Å². The van der Waals surface area contributed by atoms with Gasteiger partial charge in [0.1, 0.15) is 0 Å². The minimum Gasteiger partial charge on any atom is -0.478 e. The fraction of sp³-hybridized carbons (Fsp3) is 0. The molecule has 0 saturated heterocycles. The van der Waals surface area contributed by atoms with E-state index in [0.717, 1.165) is 0 Å². The molecule has 3 rings (SSSR count). The predicted molar refractivity (Wildman–Crippen MR) is 93.0 cm³/mol. The summed E-state index contributed by atoms with van der Waals surface area (Å²) in [7, 11) is 0. The zero-order valence-electron chi connectivity index (χ0n) is 12.8. The van der Waals surface area contributed by atoms with Gasteiger partial charge in [-0.15, -0.1) is 0 Å². The molecule has 24 heavy (non-hydrogen) atoms. The molecule has 3 aromatic rings. The summed E-state index contributed by atoms with van der Waals surface area (Å²) < 4.78 is 0. The maximum atomic E-state index is 12.7. The molecule has 0 aliphatic rings. The summed E-state index contributed by atoms with van der Waals surface area (Å²) in [6.07, 6.45) is 0. The van der Waals surface area contributed by atoms with Crippen LogP contribution < -0.4 is 5.32 Å². The van der Waals surface area contributed by atoms with Gasteiger partial charge in [-0.05, 0) is 36.4 Å². The first-order valence-corrected chi connectivity index (χ1v) is 7.44. The number of nitrogens with one attached hydrogen (secondary N) is 1. The number of hydrogen-bond donors (Lipinski definition) is 2. The van der Waals surface area contributed by atoms with E-state index < -0.39 is 5.97 Å². The SMILES string of the molecule is O=C(O)c1ccc(Nc2ccccc2C(=O)c2ccccc2)cc1. The Labute approximate surface area is 139 Å². The van der Waals surface area contributed by atoms with Gasteiger partial charge in [0.15, 0.2) is 5.78 Å². The van der Waals surface area contributed by atoms with Gasteiger partial charge < -0.3 is 10.4 Å². The van der Waals surface area contributed by atoms with Gasteiger partial charge in [-0.25, -0.2) is 4.79 Å². The highest BCUT2D eigenvalue weighted by molar-refractivity contribution is 6.12. The fourth-order valence-corrected chi connectivity index (χ4v) is 2.39. The van der Waals surface area contributed by atoms with Crippen molar-refractivity contribution in [3.63, 3.8) is 0 Å². The van der Waals surface area contributed by atoms with E-state index in [1.54, 1.807) is 30.3 Å². The van der Waals surface area contributed by atoms with Crippen molar-refractivity contribution in [2.24, 2.45) is 0 Å². The van der Waals surface area contributed by atoms with Crippen LogP contribution in [0.3, 0.4) is 0 Å². The van der Waals surface area contributed by atoms with Crippen molar-refractivity contribution >= 4 is 23.1 Å². The van der Waals surface area contributed by atoms with Crippen molar-refractivity contribution < 1.29 is 14.7 Å². The van der Waals surface area contributed by atoms with Gasteiger partial charge in [0.25, 0.3) is 0 Å². The smallest absolute Gasteiger partial charge is 0.335 e. The molecule has 0 saturated carbocycles. The molecule has 0 aliphatic carbocycles. The quantitative estimate of drug-likeness (QED) is 0.686. The number of para-hydroxylation sites is 1. The number of aromatic carboxylic acids is 1. The van der Waals surface area contributed by atoms with E-state index in [1.807, 2.05) is 36.4 Å². The highest BCUT2D eigenvalue weighted by atomic mass is 16.4. The molecule has 0 spiro atoms. The average molecular weight is 317 g/mol. The monoisotopic (exact) mass is 317 g/mol. The van der Waals surface area contributed by atoms with Gasteiger partial charge in [-0.2, -0.15) is 0 Å². The molecule has 0 aliphatic heterocycles. The van der Waals surface area contributed by atoms with Crippen LogP contribution in [-0.2, 0) is 0 Å². The summed E-state index contributed by atoms with van der Waals surface area (Å²) in [4.78, 5) is 23.6. The number of carboxylic acids is 1. The van der Waals surface area contributed by atoms with E-state index in [0.29, 0.717) is 22.5 Å². The molecule has 0 fully saturated rings. The Bertz CT molecular complexity index is 871. The zero-order chi connectivity index (χ0) is 16.9. The van der Waals surface area contributed by atoms with E-state index in [2.05, 4.69) is 5.32 Å². The molecule has 3 aromatic carbocycles. The number of rotatable bonds is 5. The first-order valence-electron chi connectivity index (χ1n) is 7.44. The van der Waals surface area contributed by atoms with Crippen LogP contribution in [0.25, 0.3) is 0 Å². The topological polar surface area (TPSA) is 66.4 Å². The van der Waals surface area contributed by atoms with E-state index in [1.165, 1.54) is 12.1 Å². The van der Waals surface area contributed by atoms with Crippen LogP contribution in [-0.4, -0.2) is 16.9 Å². The molecule has 0 bridgehead atoms. The lowest BCUT2D eigenvalue weighted by atomic mass is 10.0. The van der Waals surface area contributed by atoms with Gasteiger partial charge in [0, 0.05) is 22.5 Å². The Morgan fingerprint density at radius 2 is 1.33 bits per heavy atom. The highest BCUT2D eigenvalue weighted by Crippen LogP contribution is 2.23. The van der Waals surface area contributed by atoms with Crippen molar-refractivity contribution in [3.05, 3.63) is 95.6 Å². The number of ketones is 1. The third-order valence-corrected chi connectivity index (χ3v) is 3.62. The Kier molecular flexibility index (Phi) is 4.38. The molecule has 4 nitrogen and oxygen atoms in total. The maximum Gasteiger partial charge on any atom is 0.335 e. The Morgan fingerprint density at radius 1 is 0.708 bits per heavy atom. The minimum atomic E-state index is -0.971. The minimum absolute atomic E-state index is 0.0687. The van der Waals surface area contributed by atoms with Gasteiger partial charge in [0.05, 0.1) is 5.56 Å². The number of carbonyl (C=O) groups excluding carboxylic acids is 1. The molecular formula is C20H15NO3. The second-order valence-electron chi connectivity index (χ2n) is 5.25. The second-order valence-corrected chi connectivity index (χ2v) is 5.25. The second kappa shape index (κ2) is 6.79. The summed E-state index contributed by atoms with van der Waals surface area (Å²) in [6.45, 7) is 0. The van der Waals surface area contributed by atoms with Crippen molar-refractivity contribution in [1.29, 1.82) is 0 Å². The number of hydrogen-bond acceptors (Lipinski definition) is 3. The lowest BCUT2D eigenvalue weighted by Gasteiger charge is -2.11. The van der Waals surface area contributed by atoms with Crippen LogP contribution in [0.15, 0.2) is 78.9 Å². The third-order valence-electron chi connectivity index (χ3n) is 3.62. The highest BCUT2D eigenvalue weighted by Gasteiger charge is 2.13. The van der Waals surface area contributed by atoms with Gasteiger partial charge in [-0.3, -0.25) is 4.79 Å².